The molecule has 1 N–H and O–H groups in total. The first-order valence-electron chi connectivity index (χ1n) is 6.37. The highest BCUT2D eigenvalue weighted by atomic mass is 35.5. The minimum absolute atomic E-state index is 0.0824. The van der Waals surface area contributed by atoms with E-state index < -0.39 is 0 Å². The van der Waals surface area contributed by atoms with Gasteiger partial charge in [0.1, 0.15) is 0 Å². The van der Waals surface area contributed by atoms with Gasteiger partial charge in [-0.3, -0.25) is 0 Å². The average Bonchev–Trinajstić information content (AvgIpc) is 2.54. The Morgan fingerprint density at radius 3 is 2.72 bits per heavy atom. The molecule has 0 amide bonds. The zero-order valence-electron chi connectivity index (χ0n) is 10.8. The number of aliphatic hydroxyl groups excluding tert-OH is 1. The average molecular weight is 271 g/mol. The summed E-state index contributed by atoms with van der Waals surface area (Å²) in [5, 5.41) is 9.83. The standard InChI is InChI=1S/C14H19ClO3/c1-9(2)13-10(4-5-16)11(15)8-12-14(13)18-7-3-6-17-12/h8-9,16H,3-7H2,1-2H3. The van der Waals surface area contributed by atoms with E-state index in [2.05, 4.69) is 13.8 Å². The SMILES string of the molecule is CC(C)c1c(CCO)c(Cl)cc2c1OCCCO2. The molecule has 1 aliphatic heterocycles. The molecular weight excluding hydrogens is 252 g/mol. The van der Waals surface area contributed by atoms with E-state index in [1.54, 1.807) is 6.07 Å². The van der Waals surface area contributed by atoms with E-state index in [1.165, 1.54) is 0 Å². The van der Waals surface area contributed by atoms with Crippen LogP contribution in [0, 0.1) is 0 Å². The van der Waals surface area contributed by atoms with Crippen molar-refractivity contribution in [2.75, 3.05) is 19.8 Å². The summed E-state index contributed by atoms with van der Waals surface area (Å²) in [6.07, 6.45) is 1.42. The smallest absolute Gasteiger partial charge is 0.164 e. The van der Waals surface area contributed by atoms with Gasteiger partial charge in [0.15, 0.2) is 11.5 Å². The van der Waals surface area contributed by atoms with Gasteiger partial charge in [0, 0.05) is 29.7 Å². The lowest BCUT2D eigenvalue weighted by Gasteiger charge is -2.20. The molecule has 4 heteroatoms. The zero-order valence-corrected chi connectivity index (χ0v) is 11.6. The lowest BCUT2D eigenvalue weighted by molar-refractivity contribution is 0.294. The van der Waals surface area contributed by atoms with Crippen LogP contribution >= 0.6 is 11.6 Å². The molecule has 0 atom stereocenters. The lowest BCUT2D eigenvalue weighted by Crippen LogP contribution is -2.05. The van der Waals surface area contributed by atoms with E-state index in [4.69, 9.17) is 21.1 Å². The maximum atomic E-state index is 9.18. The Morgan fingerprint density at radius 1 is 1.33 bits per heavy atom. The molecule has 0 saturated heterocycles. The largest absolute Gasteiger partial charge is 0.489 e. The zero-order chi connectivity index (χ0) is 13.1. The second-order valence-corrected chi connectivity index (χ2v) is 5.16. The number of aliphatic hydroxyl groups is 1. The van der Waals surface area contributed by atoms with Crippen LogP contribution in [0.5, 0.6) is 11.5 Å². The molecule has 0 spiro atoms. The van der Waals surface area contributed by atoms with Crippen LogP contribution in [-0.4, -0.2) is 24.9 Å². The minimum Gasteiger partial charge on any atom is -0.489 e. The third-order valence-electron chi connectivity index (χ3n) is 3.07. The van der Waals surface area contributed by atoms with Gasteiger partial charge >= 0.3 is 0 Å². The van der Waals surface area contributed by atoms with E-state index in [0.29, 0.717) is 24.7 Å². The Balaban J connectivity index is 2.58. The summed E-state index contributed by atoms with van der Waals surface area (Å²) in [6.45, 7) is 5.59. The van der Waals surface area contributed by atoms with Crippen molar-refractivity contribution < 1.29 is 14.6 Å². The van der Waals surface area contributed by atoms with Crippen molar-refractivity contribution in [3.8, 4) is 11.5 Å². The molecule has 1 aliphatic rings. The summed E-state index contributed by atoms with van der Waals surface area (Å²) >= 11 is 6.30. The predicted octanol–water partition coefficient (Wildman–Crippen LogP) is 3.16. The molecule has 1 heterocycles. The molecular formula is C14H19ClO3. The van der Waals surface area contributed by atoms with Crippen LogP contribution in [0.25, 0.3) is 0 Å². The van der Waals surface area contributed by atoms with Gasteiger partial charge in [0.05, 0.1) is 13.2 Å². The fourth-order valence-electron chi connectivity index (χ4n) is 2.31. The Bertz CT molecular complexity index is 430. The van der Waals surface area contributed by atoms with Crippen LogP contribution < -0.4 is 9.47 Å². The van der Waals surface area contributed by atoms with Crippen LogP contribution in [0.2, 0.25) is 5.02 Å². The molecule has 2 rings (SSSR count). The highest BCUT2D eigenvalue weighted by Crippen LogP contribution is 2.43. The monoisotopic (exact) mass is 270 g/mol. The molecule has 0 unspecified atom stereocenters. The summed E-state index contributed by atoms with van der Waals surface area (Å²) in [5.74, 6) is 1.80. The van der Waals surface area contributed by atoms with Crippen LogP contribution in [-0.2, 0) is 6.42 Å². The van der Waals surface area contributed by atoms with Crippen molar-refractivity contribution in [1.29, 1.82) is 0 Å². The fourth-order valence-corrected chi connectivity index (χ4v) is 2.61. The van der Waals surface area contributed by atoms with E-state index in [-0.39, 0.29) is 12.5 Å². The first kappa shape index (κ1) is 13.5. The summed E-state index contributed by atoms with van der Waals surface area (Å²) < 4.78 is 11.5. The van der Waals surface area contributed by atoms with E-state index in [9.17, 15) is 5.11 Å². The van der Waals surface area contributed by atoms with E-state index in [0.717, 1.165) is 29.0 Å². The van der Waals surface area contributed by atoms with Gasteiger partial charge in [-0.15, -0.1) is 0 Å². The number of hydrogen-bond donors (Lipinski definition) is 1. The Labute approximate surface area is 113 Å². The van der Waals surface area contributed by atoms with Gasteiger partial charge in [0.2, 0.25) is 0 Å². The van der Waals surface area contributed by atoms with Crippen molar-refractivity contribution in [1.82, 2.24) is 0 Å². The molecule has 0 saturated carbocycles. The third-order valence-corrected chi connectivity index (χ3v) is 3.41. The third kappa shape index (κ3) is 2.57. The highest BCUT2D eigenvalue weighted by molar-refractivity contribution is 6.31. The second-order valence-electron chi connectivity index (χ2n) is 4.76. The number of fused-ring (bicyclic) bond motifs is 1. The maximum absolute atomic E-state index is 9.18. The summed E-state index contributed by atoms with van der Waals surface area (Å²) in [5.41, 5.74) is 2.03. The maximum Gasteiger partial charge on any atom is 0.164 e. The molecule has 1 aromatic rings. The molecule has 0 bridgehead atoms. The Hall–Kier alpha value is -0.930. The first-order chi connectivity index (χ1) is 8.65. The Morgan fingerprint density at radius 2 is 2.06 bits per heavy atom. The molecule has 0 fully saturated rings. The normalized spacial score (nSPS) is 14.7. The highest BCUT2D eigenvalue weighted by Gasteiger charge is 2.22. The summed E-state index contributed by atoms with van der Waals surface area (Å²) in [6, 6.07) is 1.80. The van der Waals surface area contributed by atoms with E-state index >= 15 is 0 Å². The van der Waals surface area contributed by atoms with Crippen molar-refractivity contribution in [2.24, 2.45) is 0 Å². The molecule has 1 aromatic carbocycles. The van der Waals surface area contributed by atoms with Crippen LogP contribution in [0.15, 0.2) is 6.07 Å². The van der Waals surface area contributed by atoms with Crippen molar-refractivity contribution >= 4 is 11.6 Å². The minimum atomic E-state index is 0.0824. The molecule has 0 aromatic heterocycles. The number of rotatable bonds is 3. The first-order valence-corrected chi connectivity index (χ1v) is 6.74. The molecule has 3 nitrogen and oxygen atoms in total. The predicted molar refractivity (Wildman–Crippen MR) is 71.9 cm³/mol. The molecule has 100 valence electrons. The van der Waals surface area contributed by atoms with Gasteiger partial charge in [-0.1, -0.05) is 25.4 Å². The van der Waals surface area contributed by atoms with Crippen LogP contribution in [0.1, 0.15) is 37.3 Å². The van der Waals surface area contributed by atoms with Gasteiger partial charge in [-0.05, 0) is 17.9 Å². The lowest BCUT2D eigenvalue weighted by atomic mass is 9.93. The van der Waals surface area contributed by atoms with Crippen LogP contribution in [0.3, 0.4) is 0 Å². The number of ether oxygens (including phenoxy) is 2. The number of halogens is 1. The van der Waals surface area contributed by atoms with Crippen molar-refractivity contribution in [2.45, 2.75) is 32.6 Å². The number of benzene rings is 1. The topological polar surface area (TPSA) is 38.7 Å². The quantitative estimate of drug-likeness (QED) is 0.917. The molecule has 0 aliphatic carbocycles. The van der Waals surface area contributed by atoms with Crippen molar-refractivity contribution in [3.63, 3.8) is 0 Å². The van der Waals surface area contributed by atoms with Gasteiger partial charge in [-0.25, -0.2) is 0 Å². The van der Waals surface area contributed by atoms with Crippen molar-refractivity contribution in [3.05, 3.63) is 22.2 Å². The van der Waals surface area contributed by atoms with Crippen LogP contribution in [0.4, 0.5) is 0 Å². The van der Waals surface area contributed by atoms with Gasteiger partial charge in [0.25, 0.3) is 0 Å². The Kier molecular flexibility index (Phi) is 4.36. The summed E-state index contributed by atoms with van der Waals surface area (Å²) in [4.78, 5) is 0. The molecule has 18 heavy (non-hydrogen) atoms. The summed E-state index contributed by atoms with van der Waals surface area (Å²) in [7, 11) is 0. The number of hydrogen-bond acceptors (Lipinski definition) is 3. The molecule has 0 radical (unpaired) electrons. The van der Waals surface area contributed by atoms with E-state index in [1.807, 2.05) is 0 Å². The fraction of sp³-hybridized carbons (Fsp3) is 0.571. The van der Waals surface area contributed by atoms with Gasteiger partial charge in [-0.2, -0.15) is 0 Å². The van der Waals surface area contributed by atoms with Gasteiger partial charge < -0.3 is 14.6 Å². The second kappa shape index (κ2) is 5.81.